The second-order valence-electron chi connectivity index (χ2n) is 7.39. The number of sulfone groups is 1. The van der Waals surface area contributed by atoms with E-state index in [-0.39, 0.29) is 0 Å². The number of hydrogen-bond donors (Lipinski definition) is 3. The second kappa shape index (κ2) is 9.95. The van der Waals surface area contributed by atoms with Crippen LogP contribution in [0.25, 0.3) is 0 Å². The van der Waals surface area contributed by atoms with Crippen LogP contribution >= 0.6 is 0 Å². The molecule has 2 bridgehead atoms. The van der Waals surface area contributed by atoms with Crippen LogP contribution in [0, 0.1) is 6.92 Å². The highest BCUT2D eigenvalue weighted by molar-refractivity contribution is 7.92. The first-order valence-electron chi connectivity index (χ1n) is 9.96. The summed E-state index contributed by atoms with van der Waals surface area (Å²) >= 11 is 0. The monoisotopic (exact) mass is 395 g/mol. The molecule has 1 unspecified atom stereocenters. The summed E-state index contributed by atoms with van der Waals surface area (Å²) in [5.41, 5.74) is 1.07. The molecule has 3 heterocycles. The van der Waals surface area contributed by atoms with Gasteiger partial charge in [0.05, 0.1) is 4.90 Å². The summed E-state index contributed by atoms with van der Waals surface area (Å²) in [6.45, 7) is 11.1. The van der Waals surface area contributed by atoms with Gasteiger partial charge in [-0.15, -0.1) is 0 Å². The van der Waals surface area contributed by atoms with Gasteiger partial charge in [0.2, 0.25) is 0 Å². The fraction of sp³-hybridized carbons (Fsp3) is 0.684. The maximum Gasteiger partial charge on any atom is 0.195 e. The number of hydrogen-bond acceptors (Lipinski definition) is 7. The van der Waals surface area contributed by atoms with Crippen LogP contribution in [0.5, 0.6) is 0 Å². The number of rotatable bonds is 2. The Morgan fingerprint density at radius 3 is 1.93 bits per heavy atom. The summed E-state index contributed by atoms with van der Waals surface area (Å²) in [4.78, 5) is 4.95. The van der Waals surface area contributed by atoms with Gasteiger partial charge in [-0.1, -0.05) is 17.7 Å². The molecule has 1 aromatic carbocycles. The highest BCUT2D eigenvalue weighted by atomic mass is 32.2. The zero-order chi connectivity index (χ0) is 19.1. The van der Waals surface area contributed by atoms with Crippen LogP contribution in [0.1, 0.15) is 5.56 Å². The SMILES string of the molecule is Cc1ccc(S(=O)(=O)C2CNCCN3CCNCCN2CCNCC3)cc1. The molecule has 1 atom stereocenters. The Labute approximate surface area is 163 Å². The minimum absolute atomic E-state index is 0.409. The van der Waals surface area contributed by atoms with Gasteiger partial charge in [0.25, 0.3) is 0 Å². The van der Waals surface area contributed by atoms with Crippen LogP contribution in [0.4, 0.5) is 0 Å². The molecule has 1 aromatic rings. The summed E-state index contributed by atoms with van der Waals surface area (Å²) in [7, 11) is -3.45. The van der Waals surface area contributed by atoms with Crippen molar-refractivity contribution in [2.24, 2.45) is 0 Å². The third kappa shape index (κ3) is 5.73. The average Bonchev–Trinajstić information content (AvgIpc) is 2.62. The van der Waals surface area contributed by atoms with E-state index >= 15 is 0 Å². The minimum Gasteiger partial charge on any atom is -0.314 e. The van der Waals surface area contributed by atoms with Crippen LogP contribution < -0.4 is 16.0 Å². The third-order valence-electron chi connectivity index (χ3n) is 5.40. The van der Waals surface area contributed by atoms with Crippen molar-refractivity contribution in [2.45, 2.75) is 17.2 Å². The quantitative estimate of drug-likeness (QED) is 0.623. The number of fused-ring (bicyclic) bond motifs is 12. The third-order valence-corrected chi connectivity index (χ3v) is 7.51. The number of benzene rings is 1. The van der Waals surface area contributed by atoms with Crippen LogP contribution in [0.3, 0.4) is 0 Å². The number of aryl methyl sites for hydroxylation is 1. The van der Waals surface area contributed by atoms with Crippen molar-refractivity contribution in [3.8, 4) is 0 Å². The van der Waals surface area contributed by atoms with E-state index in [4.69, 9.17) is 0 Å². The molecule has 7 nitrogen and oxygen atoms in total. The van der Waals surface area contributed by atoms with Gasteiger partial charge in [-0.25, -0.2) is 8.42 Å². The van der Waals surface area contributed by atoms with E-state index in [0.717, 1.165) is 71.0 Å². The maximum atomic E-state index is 13.4. The second-order valence-corrected chi connectivity index (χ2v) is 9.50. The van der Waals surface area contributed by atoms with E-state index in [9.17, 15) is 8.42 Å². The fourth-order valence-corrected chi connectivity index (χ4v) is 5.46. The molecule has 152 valence electrons. The lowest BCUT2D eigenvalue weighted by Gasteiger charge is -2.34. The van der Waals surface area contributed by atoms with Gasteiger partial charge in [0.1, 0.15) is 5.37 Å². The predicted molar refractivity (Wildman–Crippen MR) is 109 cm³/mol. The fourth-order valence-electron chi connectivity index (χ4n) is 3.69. The van der Waals surface area contributed by atoms with Gasteiger partial charge in [0.15, 0.2) is 9.84 Å². The Morgan fingerprint density at radius 1 is 0.815 bits per heavy atom. The highest BCUT2D eigenvalue weighted by Gasteiger charge is 2.32. The van der Waals surface area contributed by atoms with E-state index < -0.39 is 15.2 Å². The summed E-state index contributed by atoms with van der Waals surface area (Å²) < 4.78 is 26.9. The Morgan fingerprint density at radius 2 is 1.33 bits per heavy atom. The molecule has 8 heteroatoms. The smallest absolute Gasteiger partial charge is 0.195 e. The van der Waals surface area contributed by atoms with E-state index in [1.165, 1.54) is 0 Å². The molecule has 0 amide bonds. The molecule has 0 radical (unpaired) electrons. The van der Waals surface area contributed by atoms with Gasteiger partial charge < -0.3 is 16.0 Å². The zero-order valence-corrected chi connectivity index (χ0v) is 17.1. The Balaban J connectivity index is 1.86. The molecule has 3 N–H and O–H groups in total. The normalized spacial score (nSPS) is 29.0. The van der Waals surface area contributed by atoms with E-state index in [0.29, 0.717) is 11.4 Å². The standard InChI is InChI=1S/C19H33N5O2S/c1-17-2-4-18(5-3-17)27(25,26)19-16-22-8-13-23-11-6-20-9-14-24(19)15-10-21-7-12-23/h2-5,19-22H,6-16H2,1H3. The van der Waals surface area contributed by atoms with Crippen molar-refractivity contribution >= 4 is 9.84 Å². The van der Waals surface area contributed by atoms with Crippen molar-refractivity contribution in [3.05, 3.63) is 29.8 Å². The van der Waals surface area contributed by atoms with Gasteiger partial charge >= 0.3 is 0 Å². The van der Waals surface area contributed by atoms with Crippen molar-refractivity contribution in [3.63, 3.8) is 0 Å². The molecule has 0 spiro atoms. The topological polar surface area (TPSA) is 76.7 Å². The molecule has 0 aromatic heterocycles. The number of nitrogens with one attached hydrogen (secondary N) is 3. The van der Waals surface area contributed by atoms with Crippen LogP contribution in [-0.4, -0.2) is 95.6 Å². The van der Waals surface area contributed by atoms with E-state index in [2.05, 4.69) is 25.8 Å². The van der Waals surface area contributed by atoms with Crippen LogP contribution in [-0.2, 0) is 9.84 Å². The molecule has 3 fully saturated rings. The first-order valence-corrected chi connectivity index (χ1v) is 11.5. The molecule has 0 saturated carbocycles. The summed E-state index contributed by atoms with van der Waals surface area (Å²) in [6, 6.07) is 7.22. The van der Waals surface area contributed by atoms with Crippen molar-refractivity contribution < 1.29 is 8.42 Å². The molecular weight excluding hydrogens is 362 g/mol. The summed E-state index contributed by atoms with van der Waals surface area (Å²) in [6.07, 6.45) is 0. The van der Waals surface area contributed by atoms with Crippen molar-refractivity contribution in [1.29, 1.82) is 0 Å². The first kappa shape index (κ1) is 20.7. The van der Waals surface area contributed by atoms with E-state index in [1.807, 2.05) is 19.1 Å². The maximum absolute atomic E-state index is 13.4. The Kier molecular flexibility index (Phi) is 7.63. The predicted octanol–water partition coefficient (Wildman–Crippen LogP) is -0.505. The van der Waals surface area contributed by atoms with Gasteiger partial charge in [-0.05, 0) is 19.1 Å². The lowest BCUT2D eigenvalue weighted by atomic mass is 10.2. The van der Waals surface area contributed by atoms with Gasteiger partial charge in [-0.3, -0.25) is 9.80 Å². The summed E-state index contributed by atoms with van der Waals surface area (Å²) in [5.74, 6) is 0. The van der Waals surface area contributed by atoms with Crippen molar-refractivity contribution in [1.82, 2.24) is 25.8 Å². The molecule has 3 saturated heterocycles. The van der Waals surface area contributed by atoms with Crippen LogP contribution in [0.2, 0.25) is 0 Å². The average molecular weight is 396 g/mol. The highest BCUT2D eigenvalue weighted by Crippen LogP contribution is 2.19. The molecule has 27 heavy (non-hydrogen) atoms. The Hall–Kier alpha value is -1.03. The van der Waals surface area contributed by atoms with Gasteiger partial charge in [0, 0.05) is 72.0 Å². The lowest BCUT2D eigenvalue weighted by molar-refractivity contribution is 0.211. The first-order chi connectivity index (χ1) is 13.1. The number of nitrogens with zero attached hydrogens (tertiary/aromatic N) is 2. The zero-order valence-electron chi connectivity index (χ0n) is 16.3. The van der Waals surface area contributed by atoms with E-state index in [1.54, 1.807) is 12.1 Å². The van der Waals surface area contributed by atoms with Gasteiger partial charge in [-0.2, -0.15) is 0 Å². The molecular formula is C19H33N5O2S. The van der Waals surface area contributed by atoms with Crippen LogP contribution in [0.15, 0.2) is 29.2 Å². The molecule has 3 aliphatic rings. The largest absolute Gasteiger partial charge is 0.314 e. The Bertz CT molecular complexity index is 666. The van der Waals surface area contributed by atoms with Crippen molar-refractivity contribution in [2.75, 3.05) is 72.0 Å². The molecule has 3 aliphatic heterocycles. The summed E-state index contributed by atoms with van der Waals surface area (Å²) in [5, 5.41) is 9.82. The molecule has 0 aliphatic carbocycles. The molecule has 4 rings (SSSR count). The minimum atomic E-state index is -3.45. The lowest BCUT2D eigenvalue weighted by Crippen LogP contribution is -2.54.